The van der Waals surface area contributed by atoms with E-state index in [1.165, 1.54) is 0 Å². The fraction of sp³-hybridized carbons (Fsp3) is 0. The highest BCUT2D eigenvalue weighted by atomic mass is 16.3. The summed E-state index contributed by atoms with van der Waals surface area (Å²) in [6.07, 6.45) is 8.00. The number of phenols is 2. The summed E-state index contributed by atoms with van der Waals surface area (Å²) >= 11 is 0. The second-order valence-corrected chi connectivity index (χ2v) is 2.67. The first kappa shape index (κ1) is 13.6. The molecule has 82 valence electrons. The smallest absolute Gasteiger partial charge is 0.115 e. The Bertz CT molecular complexity index is 342. The van der Waals surface area contributed by atoms with Gasteiger partial charge < -0.3 is 10.2 Å². The monoisotopic (exact) mass is 214 g/mol. The Hall–Kier alpha value is -2.40. The largest absolute Gasteiger partial charge is 0.508 e. The van der Waals surface area contributed by atoms with Crippen LogP contribution in [0.2, 0.25) is 0 Å². The van der Waals surface area contributed by atoms with Crippen molar-refractivity contribution in [1.29, 1.82) is 0 Å². The van der Waals surface area contributed by atoms with Gasteiger partial charge in [0.15, 0.2) is 0 Å². The van der Waals surface area contributed by atoms with E-state index in [2.05, 4.69) is 12.8 Å². The van der Waals surface area contributed by atoms with Crippen LogP contribution in [0.1, 0.15) is 0 Å². The van der Waals surface area contributed by atoms with Gasteiger partial charge in [0.2, 0.25) is 0 Å². The van der Waals surface area contributed by atoms with E-state index in [1.807, 2.05) is 12.1 Å². The Kier molecular flexibility index (Phi) is 7.79. The number of hydrogen-bond donors (Lipinski definition) is 2. The van der Waals surface area contributed by atoms with E-state index in [1.54, 1.807) is 48.5 Å². The highest BCUT2D eigenvalue weighted by Crippen LogP contribution is 2.03. The topological polar surface area (TPSA) is 40.5 Å². The predicted octanol–water partition coefficient (Wildman–Crippen LogP) is 3.03. The van der Waals surface area contributed by atoms with Gasteiger partial charge in [-0.25, -0.2) is 0 Å². The molecular weight excluding hydrogens is 200 g/mol. The molecule has 2 rings (SSSR count). The first-order valence-electron chi connectivity index (χ1n) is 4.60. The Morgan fingerprint density at radius 1 is 0.562 bits per heavy atom. The molecular formula is C14H14O2. The minimum atomic E-state index is 0.322. The maximum absolute atomic E-state index is 8.63. The zero-order valence-electron chi connectivity index (χ0n) is 8.82. The van der Waals surface area contributed by atoms with Gasteiger partial charge in [0.25, 0.3) is 0 Å². The minimum Gasteiger partial charge on any atom is -0.508 e. The second kappa shape index (κ2) is 9.17. The highest BCUT2D eigenvalue weighted by molar-refractivity contribution is 5.19. The van der Waals surface area contributed by atoms with E-state index in [9.17, 15) is 0 Å². The van der Waals surface area contributed by atoms with Crippen molar-refractivity contribution in [3.63, 3.8) is 0 Å². The lowest BCUT2D eigenvalue weighted by molar-refractivity contribution is 0.475. The summed E-state index contributed by atoms with van der Waals surface area (Å²) in [4.78, 5) is 0. The van der Waals surface area contributed by atoms with Crippen molar-refractivity contribution in [3.05, 3.63) is 60.7 Å². The van der Waals surface area contributed by atoms with Gasteiger partial charge in [0.05, 0.1) is 0 Å². The molecule has 2 nitrogen and oxygen atoms in total. The van der Waals surface area contributed by atoms with Crippen molar-refractivity contribution in [2.24, 2.45) is 0 Å². The summed E-state index contributed by atoms with van der Waals surface area (Å²) in [5, 5.41) is 17.3. The summed E-state index contributed by atoms with van der Waals surface area (Å²) in [5.41, 5.74) is 0. The Morgan fingerprint density at radius 3 is 0.938 bits per heavy atom. The van der Waals surface area contributed by atoms with Crippen LogP contribution < -0.4 is 0 Å². The van der Waals surface area contributed by atoms with Crippen LogP contribution in [-0.2, 0) is 0 Å². The van der Waals surface area contributed by atoms with Gasteiger partial charge in [-0.3, -0.25) is 0 Å². The van der Waals surface area contributed by atoms with Crippen molar-refractivity contribution in [3.8, 4) is 24.3 Å². The van der Waals surface area contributed by atoms with Crippen LogP contribution in [0.3, 0.4) is 0 Å². The first-order valence-corrected chi connectivity index (χ1v) is 4.60. The number of aromatic hydroxyl groups is 2. The molecule has 2 aromatic carbocycles. The summed E-state index contributed by atoms with van der Waals surface area (Å²) in [6.45, 7) is 0. The van der Waals surface area contributed by atoms with Gasteiger partial charge >= 0.3 is 0 Å². The fourth-order valence-electron chi connectivity index (χ4n) is 0.856. The standard InChI is InChI=1S/2C6H6O.C2H2/c2*7-6-4-2-1-3-5-6;1-2/h2*1-5,7H;1-2H. The maximum atomic E-state index is 8.63. The molecule has 0 spiro atoms. The van der Waals surface area contributed by atoms with Gasteiger partial charge in [0, 0.05) is 0 Å². The summed E-state index contributed by atoms with van der Waals surface area (Å²) in [5.74, 6) is 0.644. The molecule has 16 heavy (non-hydrogen) atoms. The molecule has 0 fully saturated rings. The van der Waals surface area contributed by atoms with Gasteiger partial charge in [-0.05, 0) is 24.3 Å². The van der Waals surface area contributed by atoms with Crippen molar-refractivity contribution < 1.29 is 10.2 Å². The Labute approximate surface area is 95.8 Å². The molecule has 0 radical (unpaired) electrons. The summed E-state index contributed by atoms with van der Waals surface area (Å²) in [7, 11) is 0. The SMILES string of the molecule is C#C.Oc1ccccc1.Oc1ccccc1. The first-order chi connectivity index (χ1) is 7.79. The van der Waals surface area contributed by atoms with Gasteiger partial charge in [-0.15, -0.1) is 12.8 Å². The number of para-hydroxylation sites is 2. The fourth-order valence-corrected chi connectivity index (χ4v) is 0.856. The zero-order chi connectivity index (χ0) is 12.2. The van der Waals surface area contributed by atoms with Crippen molar-refractivity contribution in [2.75, 3.05) is 0 Å². The lowest BCUT2D eigenvalue weighted by atomic mass is 10.3. The normalized spacial score (nSPS) is 7.62. The number of terminal acetylenes is 1. The number of rotatable bonds is 0. The van der Waals surface area contributed by atoms with Crippen LogP contribution >= 0.6 is 0 Å². The summed E-state index contributed by atoms with van der Waals surface area (Å²) in [6, 6.07) is 17.4. The quantitative estimate of drug-likeness (QED) is 0.662. The molecule has 0 unspecified atom stereocenters. The van der Waals surface area contributed by atoms with E-state index < -0.39 is 0 Å². The summed E-state index contributed by atoms with van der Waals surface area (Å²) < 4.78 is 0. The molecule has 2 heteroatoms. The Morgan fingerprint density at radius 2 is 0.812 bits per heavy atom. The van der Waals surface area contributed by atoms with Crippen LogP contribution in [-0.4, -0.2) is 10.2 Å². The second-order valence-electron chi connectivity index (χ2n) is 2.67. The molecule has 0 bridgehead atoms. The third-order valence-corrected chi connectivity index (χ3v) is 1.51. The molecule has 0 aliphatic rings. The van der Waals surface area contributed by atoms with Crippen LogP contribution in [0.15, 0.2) is 60.7 Å². The average molecular weight is 214 g/mol. The Balaban J connectivity index is 0.000000244. The molecule has 0 saturated heterocycles. The maximum Gasteiger partial charge on any atom is 0.115 e. The van der Waals surface area contributed by atoms with Crippen molar-refractivity contribution in [2.45, 2.75) is 0 Å². The van der Waals surface area contributed by atoms with Crippen molar-refractivity contribution in [1.82, 2.24) is 0 Å². The molecule has 0 saturated carbocycles. The third-order valence-electron chi connectivity index (χ3n) is 1.51. The number of phenolic OH excluding ortho intramolecular Hbond substituents is 2. The predicted molar refractivity (Wildman–Crippen MR) is 66.1 cm³/mol. The third kappa shape index (κ3) is 7.05. The zero-order valence-corrected chi connectivity index (χ0v) is 8.82. The van der Waals surface area contributed by atoms with E-state index in [-0.39, 0.29) is 0 Å². The molecule has 0 aromatic heterocycles. The van der Waals surface area contributed by atoms with E-state index >= 15 is 0 Å². The molecule has 2 N–H and O–H groups in total. The molecule has 2 aromatic rings. The average Bonchev–Trinajstić information content (AvgIpc) is 2.34. The highest BCUT2D eigenvalue weighted by Gasteiger charge is 1.75. The van der Waals surface area contributed by atoms with Gasteiger partial charge in [-0.2, -0.15) is 0 Å². The van der Waals surface area contributed by atoms with E-state index in [0.717, 1.165) is 0 Å². The van der Waals surface area contributed by atoms with E-state index in [4.69, 9.17) is 10.2 Å². The molecule has 0 atom stereocenters. The molecule has 0 aliphatic heterocycles. The number of hydrogen-bond acceptors (Lipinski definition) is 2. The molecule has 0 heterocycles. The van der Waals surface area contributed by atoms with Crippen LogP contribution in [0.25, 0.3) is 0 Å². The van der Waals surface area contributed by atoms with Gasteiger partial charge in [-0.1, -0.05) is 36.4 Å². The minimum absolute atomic E-state index is 0.322. The van der Waals surface area contributed by atoms with Gasteiger partial charge in [0.1, 0.15) is 11.5 Å². The van der Waals surface area contributed by atoms with Crippen LogP contribution in [0.5, 0.6) is 11.5 Å². The molecule has 0 aliphatic carbocycles. The lowest BCUT2D eigenvalue weighted by Gasteiger charge is -1.82. The van der Waals surface area contributed by atoms with E-state index in [0.29, 0.717) is 11.5 Å². The number of benzene rings is 2. The lowest BCUT2D eigenvalue weighted by Crippen LogP contribution is -1.56. The van der Waals surface area contributed by atoms with Crippen LogP contribution in [0, 0.1) is 12.8 Å². The van der Waals surface area contributed by atoms with Crippen molar-refractivity contribution >= 4 is 0 Å². The van der Waals surface area contributed by atoms with Crippen LogP contribution in [0.4, 0.5) is 0 Å². The molecule has 0 amide bonds.